The predicted molar refractivity (Wildman–Crippen MR) is 235 cm³/mol. The summed E-state index contributed by atoms with van der Waals surface area (Å²) in [7, 11) is -2.70. The SMILES string of the molecule is O[P+]1(c2ccc(-c3ccc(-c4ccc(-c5cc(-c6ccc(-c7ccccc7)cc6)nc(-c6ccccc6)n5)cc4)cc3)cc2)c2ccccc2-c2ccccc21. The largest absolute Gasteiger partial charge is 0.239 e. The Bertz CT molecular complexity index is 2770. The van der Waals surface area contributed by atoms with E-state index in [2.05, 4.69) is 176 Å². The van der Waals surface area contributed by atoms with Gasteiger partial charge >= 0.3 is 0 Å². The first kappa shape index (κ1) is 33.8. The third-order valence-corrected chi connectivity index (χ3v) is 14.0. The summed E-state index contributed by atoms with van der Waals surface area (Å²) >= 11 is 0. The molecule has 1 aromatic heterocycles. The summed E-state index contributed by atoms with van der Waals surface area (Å²) in [4.78, 5) is 22.4. The van der Waals surface area contributed by atoms with Gasteiger partial charge in [-0.15, -0.1) is 0 Å². The molecule has 3 nitrogen and oxygen atoms in total. The van der Waals surface area contributed by atoms with Crippen LogP contribution in [0.4, 0.5) is 0 Å². The van der Waals surface area contributed by atoms with Crippen LogP contribution in [0, 0.1) is 0 Å². The van der Waals surface area contributed by atoms with E-state index in [0.717, 1.165) is 77.4 Å². The first-order valence-corrected chi connectivity index (χ1v) is 20.6. The lowest BCUT2D eigenvalue weighted by molar-refractivity contribution is 0.634. The predicted octanol–water partition coefficient (Wildman–Crippen LogP) is 11.7. The van der Waals surface area contributed by atoms with E-state index < -0.39 is 7.49 Å². The summed E-state index contributed by atoms with van der Waals surface area (Å²) in [5.41, 5.74) is 14.0. The van der Waals surface area contributed by atoms with Crippen LogP contribution in [0.3, 0.4) is 0 Å². The van der Waals surface area contributed by atoms with Gasteiger partial charge in [-0.05, 0) is 63.7 Å². The highest BCUT2D eigenvalue weighted by atomic mass is 31.2. The van der Waals surface area contributed by atoms with Crippen LogP contribution in [0.25, 0.3) is 78.4 Å². The Kier molecular flexibility index (Phi) is 8.53. The van der Waals surface area contributed by atoms with Crippen molar-refractivity contribution in [3.8, 4) is 78.4 Å². The van der Waals surface area contributed by atoms with Crippen molar-refractivity contribution in [1.82, 2.24) is 9.97 Å². The molecule has 0 spiro atoms. The van der Waals surface area contributed by atoms with Gasteiger partial charge in [0, 0.05) is 27.8 Å². The van der Waals surface area contributed by atoms with Gasteiger partial charge in [-0.2, -0.15) is 0 Å². The van der Waals surface area contributed by atoms with Crippen molar-refractivity contribution in [2.75, 3.05) is 0 Å². The second kappa shape index (κ2) is 14.1. The highest BCUT2D eigenvalue weighted by Gasteiger charge is 2.52. The third kappa shape index (κ3) is 6.04. The van der Waals surface area contributed by atoms with Gasteiger partial charge in [-0.25, -0.2) is 14.9 Å². The number of hydrogen-bond donors (Lipinski definition) is 1. The third-order valence-electron chi connectivity index (χ3n) is 10.8. The molecule has 10 rings (SSSR count). The highest BCUT2D eigenvalue weighted by Crippen LogP contribution is 2.58. The number of fused-ring (bicyclic) bond motifs is 3. The fraction of sp³-hybridized carbons (Fsp3) is 0. The summed E-state index contributed by atoms with van der Waals surface area (Å²) in [6.45, 7) is 0. The summed E-state index contributed by atoms with van der Waals surface area (Å²) in [5, 5.41) is 3.05. The Labute approximate surface area is 327 Å². The van der Waals surface area contributed by atoms with Gasteiger partial charge in [0.25, 0.3) is 0 Å². The first-order chi connectivity index (χ1) is 27.6. The molecule has 9 aromatic rings. The van der Waals surface area contributed by atoms with Crippen molar-refractivity contribution in [3.05, 3.63) is 212 Å². The Morgan fingerprint density at radius 3 is 1.05 bits per heavy atom. The monoisotopic (exact) mass is 735 g/mol. The lowest BCUT2D eigenvalue weighted by Gasteiger charge is -2.16. The van der Waals surface area contributed by atoms with E-state index in [1.165, 1.54) is 11.1 Å². The van der Waals surface area contributed by atoms with Crippen molar-refractivity contribution in [2.45, 2.75) is 0 Å². The lowest BCUT2D eigenvalue weighted by atomic mass is 9.98. The van der Waals surface area contributed by atoms with Crippen LogP contribution in [-0.2, 0) is 0 Å². The van der Waals surface area contributed by atoms with E-state index in [1.54, 1.807) is 0 Å². The van der Waals surface area contributed by atoms with Gasteiger partial charge in [0.15, 0.2) is 5.82 Å². The average Bonchev–Trinajstić information content (AvgIpc) is 3.55. The second-order valence-electron chi connectivity index (χ2n) is 14.1. The van der Waals surface area contributed by atoms with Crippen LogP contribution in [0.2, 0.25) is 0 Å². The van der Waals surface area contributed by atoms with Gasteiger partial charge in [0.1, 0.15) is 15.9 Å². The summed E-state index contributed by atoms with van der Waals surface area (Å²) in [5.74, 6) is 0.701. The maximum atomic E-state index is 12.4. The molecule has 0 radical (unpaired) electrons. The van der Waals surface area contributed by atoms with Crippen molar-refractivity contribution in [3.63, 3.8) is 0 Å². The zero-order valence-electron chi connectivity index (χ0n) is 30.5. The molecule has 2 heterocycles. The summed E-state index contributed by atoms with van der Waals surface area (Å²) in [6, 6.07) is 73.7. The quantitative estimate of drug-likeness (QED) is 0.166. The molecule has 0 bridgehead atoms. The molecule has 0 fully saturated rings. The molecule has 0 atom stereocenters. The van der Waals surface area contributed by atoms with Crippen molar-refractivity contribution in [1.29, 1.82) is 0 Å². The zero-order valence-corrected chi connectivity index (χ0v) is 31.4. The van der Waals surface area contributed by atoms with Crippen molar-refractivity contribution in [2.24, 2.45) is 0 Å². The first-order valence-electron chi connectivity index (χ1n) is 18.9. The van der Waals surface area contributed by atoms with Crippen molar-refractivity contribution < 1.29 is 4.89 Å². The van der Waals surface area contributed by atoms with Crippen LogP contribution < -0.4 is 15.9 Å². The Morgan fingerprint density at radius 2 is 0.625 bits per heavy atom. The zero-order chi connectivity index (χ0) is 37.5. The minimum atomic E-state index is -2.70. The molecule has 1 aliphatic heterocycles. The van der Waals surface area contributed by atoms with E-state index in [4.69, 9.17) is 9.97 Å². The molecule has 0 aliphatic carbocycles. The number of hydrogen-bond acceptors (Lipinski definition) is 3. The maximum absolute atomic E-state index is 12.4. The molecule has 4 heteroatoms. The van der Waals surface area contributed by atoms with E-state index >= 15 is 0 Å². The Balaban J connectivity index is 0.914. The fourth-order valence-electron chi connectivity index (χ4n) is 7.86. The Hall–Kier alpha value is -6.77. The molecule has 8 aromatic carbocycles. The maximum Gasteiger partial charge on any atom is 0.239 e. The standard InChI is InChI=1S/C52H36N2OP/c55-56(50-17-9-7-15-46(50)47-16-8-10-18-51(47)56)45-33-31-41(32-34-45)39-21-19-38(20-22-39)40-25-29-43(30-26-40)49-35-48(53-52(54-49)44-13-5-2-6-14-44)42-27-23-37(24-28-42)36-11-3-1-4-12-36/h1-35,55H/q+1. The van der Waals surface area contributed by atoms with Crippen LogP contribution in [-0.4, -0.2) is 14.9 Å². The number of rotatable bonds is 7. The van der Waals surface area contributed by atoms with Gasteiger partial charge in [0.2, 0.25) is 7.49 Å². The Morgan fingerprint density at radius 1 is 0.304 bits per heavy atom. The van der Waals surface area contributed by atoms with Crippen LogP contribution in [0.1, 0.15) is 0 Å². The molecule has 264 valence electrons. The van der Waals surface area contributed by atoms with Crippen molar-refractivity contribution >= 4 is 23.4 Å². The summed E-state index contributed by atoms with van der Waals surface area (Å²) in [6.07, 6.45) is 0. The molecule has 0 amide bonds. The van der Waals surface area contributed by atoms with Gasteiger partial charge in [-0.3, -0.25) is 0 Å². The molecule has 0 saturated heterocycles. The molecule has 0 unspecified atom stereocenters. The molecule has 1 aliphatic rings. The molecular weight excluding hydrogens is 700 g/mol. The van der Waals surface area contributed by atoms with E-state index in [9.17, 15) is 4.89 Å². The van der Waals surface area contributed by atoms with Gasteiger partial charge in [-0.1, -0.05) is 182 Å². The minimum Gasteiger partial charge on any atom is -0.235 e. The van der Waals surface area contributed by atoms with Gasteiger partial charge < -0.3 is 0 Å². The second-order valence-corrected chi connectivity index (χ2v) is 16.9. The lowest BCUT2D eigenvalue weighted by Crippen LogP contribution is -2.26. The highest BCUT2D eigenvalue weighted by molar-refractivity contribution is 7.92. The fourth-order valence-corrected chi connectivity index (χ4v) is 10.9. The average molecular weight is 736 g/mol. The van der Waals surface area contributed by atoms with Crippen LogP contribution in [0.15, 0.2) is 212 Å². The molecule has 0 saturated carbocycles. The number of benzene rings is 8. The summed E-state index contributed by atoms with van der Waals surface area (Å²) < 4.78 is 0. The number of nitrogens with zero attached hydrogens (tertiary/aromatic N) is 2. The molecule has 56 heavy (non-hydrogen) atoms. The molecular formula is C52H36N2OP+. The topological polar surface area (TPSA) is 46.0 Å². The number of aromatic nitrogens is 2. The normalized spacial score (nSPS) is 12.5. The minimum absolute atomic E-state index is 0.701. The van der Waals surface area contributed by atoms with Gasteiger partial charge in [0.05, 0.1) is 11.4 Å². The molecule has 1 N–H and O–H groups in total. The smallest absolute Gasteiger partial charge is 0.235 e. The van der Waals surface area contributed by atoms with E-state index in [1.807, 2.05) is 36.4 Å². The van der Waals surface area contributed by atoms with Crippen LogP contribution >= 0.6 is 7.49 Å². The van der Waals surface area contributed by atoms with E-state index in [-0.39, 0.29) is 0 Å². The van der Waals surface area contributed by atoms with E-state index in [0.29, 0.717) is 5.82 Å². The van der Waals surface area contributed by atoms with Crippen LogP contribution in [0.5, 0.6) is 0 Å².